The number of nitrogens with zero attached hydrogens (tertiary/aromatic N) is 4. The Balaban J connectivity index is 1.16. The first kappa shape index (κ1) is 26.3. The average molecular weight is 557 g/mol. The molecule has 1 fully saturated rings. The second-order valence-corrected chi connectivity index (χ2v) is 10.3. The smallest absolute Gasteiger partial charge is 0.141 e. The minimum Gasteiger partial charge on any atom is -0.487 e. The Morgan fingerprint density at radius 1 is 0.950 bits per heavy atom. The maximum Gasteiger partial charge on any atom is 0.141 e. The maximum absolute atomic E-state index is 13.5. The van der Waals surface area contributed by atoms with Gasteiger partial charge in [-0.25, -0.2) is 14.4 Å². The molecule has 204 valence electrons. The van der Waals surface area contributed by atoms with E-state index in [9.17, 15) is 4.39 Å². The second kappa shape index (κ2) is 12.0. The molecule has 3 heterocycles. The van der Waals surface area contributed by atoms with E-state index in [2.05, 4.69) is 60.7 Å². The van der Waals surface area contributed by atoms with E-state index in [0.717, 1.165) is 72.5 Å². The molecule has 9 heteroatoms. The van der Waals surface area contributed by atoms with Crippen molar-refractivity contribution in [3.8, 4) is 16.9 Å². The highest BCUT2D eigenvalue weighted by Crippen LogP contribution is 2.32. The van der Waals surface area contributed by atoms with Gasteiger partial charge in [-0.1, -0.05) is 29.8 Å². The summed E-state index contributed by atoms with van der Waals surface area (Å²) in [4.78, 5) is 11.5. The van der Waals surface area contributed by atoms with Crippen LogP contribution < -0.4 is 15.4 Å². The Hall–Kier alpha value is -3.98. The normalized spacial score (nSPS) is 13.9. The Morgan fingerprint density at radius 2 is 1.85 bits per heavy atom. The first-order valence-electron chi connectivity index (χ1n) is 13.4. The number of halogens is 2. The minimum absolute atomic E-state index is 0.223. The van der Waals surface area contributed by atoms with E-state index in [1.165, 1.54) is 12.1 Å². The molecule has 0 unspecified atom stereocenters. The fourth-order valence-corrected chi connectivity index (χ4v) is 5.13. The van der Waals surface area contributed by atoms with Gasteiger partial charge >= 0.3 is 0 Å². The lowest BCUT2D eigenvalue weighted by Crippen LogP contribution is -2.44. The summed E-state index contributed by atoms with van der Waals surface area (Å²) in [6, 6.07) is 20.2. The number of benzene rings is 3. The summed E-state index contributed by atoms with van der Waals surface area (Å²) < 4.78 is 21.5. The second-order valence-electron chi connectivity index (χ2n) is 9.87. The molecule has 0 bridgehead atoms. The van der Waals surface area contributed by atoms with Crippen LogP contribution >= 0.6 is 11.6 Å². The van der Waals surface area contributed by atoms with Crippen LogP contribution in [-0.4, -0.2) is 52.2 Å². The van der Waals surface area contributed by atoms with E-state index in [-0.39, 0.29) is 12.4 Å². The molecule has 0 atom stereocenters. The maximum atomic E-state index is 13.5. The van der Waals surface area contributed by atoms with Gasteiger partial charge in [0.05, 0.1) is 10.5 Å². The molecule has 0 radical (unpaired) electrons. The zero-order valence-electron chi connectivity index (χ0n) is 22.0. The molecular weight excluding hydrogens is 527 g/mol. The highest BCUT2D eigenvalue weighted by atomic mass is 35.5. The highest BCUT2D eigenvalue weighted by molar-refractivity contribution is 6.32. The van der Waals surface area contributed by atoms with Gasteiger partial charge in [-0.05, 0) is 65.2 Å². The number of nitrogens with one attached hydrogen (secondary N) is 2. The van der Waals surface area contributed by atoms with Crippen molar-refractivity contribution in [1.82, 2.24) is 24.8 Å². The first-order chi connectivity index (χ1) is 19.6. The number of piperazine rings is 1. The third-order valence-electron chi connectivity index (χ3n) is 7.08. The van der Waals surface area contributed by atoms with Crippen LogP contribution in [0.25, 0.3) is 22.0 Å². The Bertz CT molecular complexity index is 1620. The van der Waals surface area contributed by atoms with E-state index in [4.69, 9.17) is 16.3 Å². The monoisotopic (exact) mass is 556 g/mol. The molecule has 5 aromatic rings. The quantitative estimate of drug-likeness (QED) is 0.228. The lowest BCUT2D eigenvalue weighted by molar-refractivity contribution is 0.232. The molecule has 1 saturated heterocycles. The number of fused-ring (bicyclic) bond motifs is 1. The summed E-state index contributed by atoms with van der Waals surface area (Å²) in [7, 11) is 0. The molecule has 1 aliphatic heterocycles. The van der Waals surface area contributed by atoms with E-state index in [0.29, 0.717) is 16.6 Å². The highest BCUT2D eigenvalue weighted by Gasteiger charge is 2.12. The van der Waals surface area contributed by atoms with E-state index in [1.54, 1.807) is 24.5 Å². The van der Waals surface area contributed by atoms with Gasteiger partial charge in [0.15, 0.2) is 0 Å². The summed E-state index contributed by atoms with van der Waals surface area (Å²) in [6.45, 7) is 6.56. The molecule has 7 nitrogen and oxygen atoms in total. The van der Waals surface area contributed by atoms with Gasteiger partial charge in [0.1, 0.15) is 30.3 Å². The molecule has 3 aromatic carbocycles. The third-order valence-corrected chi connectivity index (χ3v) is 7.38. The summed E-state index contributed by atoms with van der Waals surface area (Å²) in [6.07, 6.45) is 5.89. The van der Waals surface area contributed by atoms with Crippen molar-refractivity contribution >= 4 is 34.0 Å². The molecule has 6 rings (SSSR count). The minimum atomic E-state index is -0.296. The van der Waals surface area contributed by atoms with Crippen LogP contribution in [0.5, 0.6) is 5.75 Å². The molecule has 0 spiro atoms. The lowest BCUT2D eigenvalue weighted by atomic mass is 10.1. The summed E-state index contributed by atoms with van der Waals surface area (Å²) in [5, 5.41) is 8.14. The van der Waals surface area contributed by atoms with Gasteiger partial charge in [0.2, 0.25) is 0 Å². The van der Waals surface area contributed by atoms with Crippen molar-refractivity contribution in [2.45, 2.75) is 13.2 Å². The van der Waals surface area contributed by atoms with Crippen molar-refractivity contribution in [3.63, 3.8) is 0 Å². The number of anilines is 2. The molecule has 40 heavy (non-hydrogen) atoms. The number of aromatic nitrogens is 3. The summed E-state index contributed by atoms with van der Waals surface area (Å²) in [5.41, 5.74) is 4.61. The van der Waals surface area contributed by atoms with Crippen LogP contribution in [0.15, 0.2) is 85.5 Å². The van der Waals surface area contributed by atoms with Crippen molar-refractivity contribution in [2.75, 3.05) is 38.0 Å². The van der Waals surface area contributed by atoms with E-state index < -0.39 is 0 Å². The largest absolute Gasteiger partial charge is 0.487 e. The molecular formula is C31H30ClFN6O. The van der Waals surface area contributed by atoms with Gasteiger partial charge < -0.3 is 19.9 Å². The lowest BCUT2D eigenvalue weighted by Gasteiger charge is -2.27. The Kier molecular flexibility index (Phi) is 7.90. The van der Waals surface area contributed by atoms with Crippen molar-refractivity contribution in [3.05, 3.63) is 102 Å². The fourth-order valence-electron chi connectivity index (χ4n) is 4.90. The molecule has 2 aromatic heterocycles. The molecule has 1 aliphatic rings. The number of ether oxygens (including phenoxy) is 1. The van der Waals surface area contributed by atoms with Crippen molar-refractivity contribution in [2.24, 2.45) is 0 Å². The molecule has 0 aliphatic carbocycles. The number of hydrogen-bond donors (Lipinski definition) is 2. The standard InChI is InChI=1S/C31H30ClFN6O/c32-28-18-26(5-7-30(28)40-20-22-2-1-3-25(33)16-22)37-31-27-17-23(4-6-29(27)35-21-36-31)24-8-11-39(19-24)15-14-38-12-9-34-10-13-38/h1-8,11,16-19,21,34H,9-10,12-15,20H2,(H,35,36,37). The van der Waals surface area contributed by atoms with Crippen LogP contribution in [0.1, 0.15) is 5.56 Å². The predicted molar refractivity (Wildman–Crippen MR) is 158 cm³/mol. The zero-order chi connectivity index (χ0) is 27.3. The van der Waals surface area contributed by atoms with Crippen LogP contribution in [0.2, 0.25) is 5.02 Å². The number of hydrogen-bond acceptors (Lipinski definition) is 6. The Labute approximate surface area is 237 Å². The van der Waals surface area contributed by atoms with E-state index in [1.807, 2.05) is 18.2 Å². The van der Waals surface area contributed by atoms with Gasteiger partial charge in [0.25, 0.3) is 0 Å². The van der Waals surface area contributed by atoms with Crippen molar-refractivity contribution in [1.29, 1.82) is 0 Å². The van der Waals surface area contributed by atoms with E-state index >= 15 is 0 Å². The van der Waals surface area contributed by atoms with Gasteiger partial charge in [0, 0.05) is 62.7 Å². The summed E-state index contributed by atoms with van der Waals surface area (Å²) in [5.74, 6) is 0.914. The van der Waals surface area contributed by atoms with Crippen LogP contribution in [0, 0.1) is 5.82 Å². The van der Waals surface area contributed by atoms with Crippen LogP contribution in [0.4, 0.5) is 15.9 Å². The molecule has 2 N–H and O–H groups in total. The van der Waals surface area contributed by atoms with Gasteiger partial charge in [-0.3, -0.25) is 4.90 Å². The first-order valence-corrected chi connectivity index (χ1v) is 13.8. The number of rotatable bonds is 9. The fraction of sp³-hybridized carbons (Fsp3) is 0.226. The van der Waals surface area contributed by atoms with Gasteiger partial charge in [-0.2, -0.15) is 0 Å². The Morgan fingerprint density at radius 3 is 2.70 bits per heavy atom. The third kappa shape index (κ3) is 6.25. The average Bonchev–Trinajstić information content (AvgIpc) is 3.45. The van der Waals surface area contributed by atoms with Crippen LogP contribution in [-0.2, 0) is 13.2 Å². The zero-order valence-corrected chi connectivity index (χ0v) is 22.7. The molecule has 0 amide bonds. The predicted octanol–water partition coefficient (Wildman–Crippen LogP) is 6.12. The summed E-state index contributed by atoms with van der Waals surface area (Å²) >= 11 is 6.51. The topological polar surface area (TPSA) is 67.2 Å². The van der Waals surface area contributed by atoms with Crippen LogP contribution in [0.3, 0.4) is 0 Å². The van der Waals surface area contributed by atoms with Gasteiger partial charge in [-0.15, -0.1) is 0 Å². The SMILES string of the molecule is Fc1cccc(COc2ccc(Nc3ncnc4ccc(-c5ccn(CCN6CCNCC6)c5)cc34)cc2Cl)c1. The van der Waals surface area contributed by atoms with Crippen molar-refractivity contribution < 1.29 is 9.13 Å². The molecule has 0 saturated carbocycles.